The Morgan fingerprint density at radius 2 is 1.67 bits per heavy atom. The molecule has 76 valence electrons. The lowest BCUT2D eigenvalue weighted by atomic mass is 9.98. The Labute approximate surface area is 77.0 Å². The van der Waals surface area contributed by atoms with Gasteiger partial charge in [-0.1, -0.05) is 58.3 Å². The summed E-state index contributed by atoms with van der Waals surface area (Å²) in [5, 5.41) is 10.6. The van der Waals surface area contributed by atoms with E-state index in [0.29, 0.717) is 5.92 Å². The molecule has 0 rings (SSSR count). The first-order valence-corrected chi connectivity index (χ1v) is 4.93. The zero-order valence-electron chi connectivity index (χ0n) is 8.94. The SMILES string of the molecule is CCCCCC(C[O-])CCC.[NH4+]. The van der Waals surface area contributed by atoms with E-state index in [2.05, 4.69) is 13.8 Å². The first kappa shape index (κ1) is 14.4. The van der Waals surface area contributed by atoms with Crippen molar-refractivity contribution in [1.82, 2.24) is 6.15 Å². The molecule has 0 radical (unpaired) electrons. The van der Waals surface area contributed by atoms with Crippen LogP contribution in [0.4, 0.5) is 0 Å². The molecule has 0 bridgehead atoms. The molecule has 0 aliphatic carbocycles. The maximum atomic E-state index is 10.6. The summed E-state index contributed by atoms with van der Waals surface area (Å²) in [6, 6.07) is 0. The van der Waals surface area contributed by atoms with Gasteiger partial charge in [-0.2, -0.15) is 0 Å². The zero-order chi connectivity index (χ0) is 8.53. The van der Waals surface area contributed by atoms with Crippen LogP contribution in [0, 0.1) is 5.92 Å². The van der Waals surface area contributed by atoms with E-state index in [4.69, 9.17) is 0 Å². The monoisotopic (exact) mass is 175 g/mol. The molecular weight excluding hydrogens is 150 g/mol. The first-order valence-electron chi connectivity index (χ1n) is 4.93. The summed E-state index contributed by atoms with van der Waals surface area (Å²) in [6.45, 7) is 4.49. The van der Waals surface area contributed by atoms with Crippen LogP contribution >= 0.6 is 0 Å². The zero-order valence-corrected chi connectivity index (χ0v) is 8.94. The lowest BCUT2D eigenvalue weighted by Crippen LogP contribution is -2.17. The summed E-state index contributed by atoms with van der Waals surface area (Å²) in [6.07, 6.45) is 7.26. The van der Waals surface area contributed by atoms with Crippen LogP contribution < -0.4 is 11.3 Å². The van der Waals surface area contributed by atoms with Gasteiger partial charge in [-0.3, -0.25) is 0 Å². The Morgan fingerprint density at radius 3 is 2.08 bits per heavy atom. The average molecular weight is 175 g/mol. The molecule has 0 aromatic heterocycles. The Hall–Kier alpha value is -0.0800. The molecule has 0 fully saturated rings. The maximum absolute atomic E-state index is 10.6. The molecule has 2 nitrogen and oxygen atoms in total. The predicted molar refractivity (Wildman–Crippen MR) is 53.4 cm³/mol. The Balaban J connectivity index is 0. The third-order valence-corrected chi connectivity index (χ3v) is 2.15. The number of unbranched alkanes of at least 4 members (excludes halogenated alkanes) is 2. The van der Waals surface area contributed by atoms with Crippen molar-refractivity contribution in [2.24, 2.45) is 5.92 Å². The molecule has 1 unspecified atom stereocenters. The van der Waals surface area contributed by atoms with Gasteiger partial charge in [0.15, 0.2) is 0 Å². The van der Waals surface area contributed by atoms with Crippen molar-refractivity contribution in [1.29, 1.82) is 0 Å². The van der Waals surface area contributed by atoms with Crippen LogP contribution in [0.15, 0.2) is 0 Å². The van der Waals surface area contributed by atoms with Crippen molar-refractivity contribution in [2.75, 3.05) is 6.61 Å². The molecule has 0 saturated heterocycles. The lowest BCUT2D eigenvalue weighted by molar-refractivity contribution is -0.379. The fourth-order valence-corrected chi connectivity index (χ4v) is 1.40. The highest BCUT2D eigenvalue weighted by Crippen LogP contribution is 2.13. The minimum atomic E-state index is 0. The Bertz CT molecular complexity index is 76.2. The van der Waals surface area contributed by atoms with Gasteiger partial charge in [-0.05, 0) is 0 Å². The van der Waals surface area contributed by atoms with Crippen molar-refractivity contribution in [3.8, 4) is 0 Å². The van der Waals surface area contributed by atoms with E-state index in [-0.39, 0.29) is 12.8 Å². The van der Waals surface area contributed by atoms with Crippen LogP contribution in [-0.2, 0) is 0 Å². The third kappa shape index (κ3) is 8.02. The molecule has 0 saturated carbocycles. The van der Waals surface area contributed by atoms with E-state index in [9.17, 15) is 5.11 Å². The predicted octanol–water partition coefficient (Wildman–Crippen LogP) is 2.72. The van der Waals surface area contributed by atoms with Gasteiger partial charge in [0, 0.05) is 0 Å². The topological polar surface area (TPSA) is 59.6 Å². The average Bonchev–Trinajstić information content (AvgIpc) is 2.03. The molecule has 0 aliphatic heterocycles. The molecule has 0 spiro atoms. The van der Waals surface area contributed by atoms with Gasteiger partial charge in [-0.25, -0.2) is 0 Å². The molecule has 12 heavy (non-hydrogen) atoms. The van der Waals surface area contributed by atoms with Crippen molar-refractivity contribution >= 4 is 0 Å². The van der Waals surface area contributed by atoms with Crippen molar-refractivity contribution in [3.63, 3.8) is 0 Å². The smallest absolute Gasteiger partial charge is 0.0517 e. The maximum Gasteiger partial charge on any atom is -0.0517 e. The van der Waals surface area contributed by atoms with Gasteiger partial charge in [0.2, 0.25) is 0 Å². The van der Waals surface area contributed by atoms with Gasteiger partial charge in [0.05, 0.1) is 0 Å². The van der Waals surface area contributed by atoms with Crippen molar-refractivity contribution in [2.45, 2.75) is 52.4 Å². The number of hydrogen-bond donors (Lipinski definition) is 1. The molecule has 0 heterocycles. The van der Waals surface area contributed by atoms with Crippen LogP contribution in [0.1, 0.15) is 52.4 Å². The largest absolute Gasteiger partial charge is 0.854 e. The van der Waals surface area contributed by atoms with E-state index < -0.39 is 0 Å². The highest BCUT2D eigenvalue weighted by atomic mass is 16.3. The van der Waals surface area contributed by atoms with E-state index >= 15 is 0 Å². The summed E-state index contributed by atoms with van der Waals surface area (Å²) in [5.74, 6) is 0.464. The molecule has 0 aliphatic rings. The summed E-state index contributed by atoms with van der Waals surface area (Å²) in [7, 11) is 0. The number of rotatable bonds is 7. The van der Waals surface area contributed by atoms with Gasteiger partial charge in [0.1, 0.15) is 0 Å². The van der Waals surface area contributed by atoms with E-state index in [1.54, 1.807) is 0 Å². The molecule has 2 heteroatoms. The molecule has 0 amide bonds. The van der Waals surface area contributed by atoms with Crippen LogP contribution in [0.3, 0.4) is 0 Å². The van der Waals surface area contributed by atoms with Crippen LogP contribution in [-0.4, -0.2) is 6.61 Å². The van der Waals surface area contributed by atoms with Gasteiger partial charge < -0.3 is 11.3 Å². The summed E-state index contributed by atoms with van der Waals surface area (Å²) in [5.41, 5.74) is 0. The fraction of sp³-hybridized carbons (Fsp3) is 1.00. The minimum absolute atomic E-state index is 0. The molecular formula is C10H25NO. The van der Waals surface area contributed by atoms with Crippen LogP contribution in [0.25, 0.3) is 0 Å². The summed E-state index contributed by atoms with van der Waals surface area (Å²) in [4.78, 5) is 0. The highest BCUT2D eigenvalue weighted by Gasteiger charge is 2.00. The second-order valence-corrected chi connectivity index (χ2v) is 3.32. The second kappa shape index (κ2) is 10.9. The van der Waals surface area contributed by atoms with Crippen LogP contribution in [0.5, 0.6) is 0 Å². The van der Waals surface area contributed by atoms with E-state index in [0.717, 1.165) is 12.8 Å². The number of hydrogen-bond acceptors (Lipinski definition) is 1. The van der Waals surface area contributed by atoms with Crippen molar-refractivity contribution in [3.05, 3.63) is 0 Å². The first-order chi connectivity index (χ1) is 5.35. The molecule has 0 aromatic rings. The normalized spacial score (nSPS) is 12.2. The van der Waals surface area contributed by atoms with Gasteiger partial charge in [-0.15, -0.1) is 6.61 Å². The van der Waals surface area contributed by atoms with Crippen LogP contribution in [0.2, 0.25) is 0 Å². The third-order valence-electron chi connectivity index (χ3n) is 2.15. The fourth-order valence-electron chi connectivity index (χ4n) is 1.40. The number of quaternary nitrogens is 1. The Kier molecular flexibility index (Phi) is 13.1. The summed E-state index contributed by atoms with van der Waals surface area (Å²) >= 11 is 0. The highest BCUT2D eigenvalue weighted by molar-refractivity contribution is 4.56. The molecule has 0 aromatic carbocycles. The Morgan fingerprint density at radius 1 is 1.00 bits per heavy atom. The van der Waals surface area contributed by atoms with E-state index in [1.165, 1.54) is 25.7 Å². The minimum Gasteiger partial charge on any atom is -0.854 e. The lowest BCUT2D eigenvalue weighted by Gasteiger charge is -2.18. The summed E-state index contributed by atoms with van der Waals surface area (Å²) < 4.78 is 0. The standard InChI is InChI=1S/C10H21O.H3N/c1-3-5-6-8-10(9-11)7-4-2;/h10H,3-9H2,1-2H3;1H3/q-1;/p+1. The quantitative estimate of drug-likeness (QED) is 0.594. The van der Waals surface area contributed by atoms with Gasteiger partial charge in [0.25, 0.3) is 0 Å². The van der Waals surface area contributed by atoms with Crippen molar-refractivity contribution < 1.29 is 5.11 Å². The van der Waals surface area contributed by atoms with Gasteiger partial charge >= 0.3 is 0 Å². The second-order valence-electron chi connectivity index (χ2n) is 3.32. The molecule has 1 atom stereocenters. The van der Waals surface area contributed by atoms with E-state index in [1.807, 2.05) is 0 Å². The molecule has 4 N–H and O–H groups in total.